The van der Waals surface area contributed by atoms with E-state index in [4.69, 9.17) is 4.98 Å². The predicted molar refractivity (Wildman–Crippen MR) is 337 cm³/mol. The standard InChI is InChI=1S/C74H77N5/c1-70(2,3)53-31-29-51(30-32-53)52-41-62(76-39-40-77(50-76)63-44-58(73(10,11)54-23-17-14-18-24-54)43-59(45-63)74(12,13)55-25-19-15-20-26-55)48-64(42-52)78(60-27-21-16-22-28-60)61-34-35-65-66-46-56(71(4,5)6)33-36-67(66)79(68(65)49-61)69-47-57(37-38-75-69)72(7,8)9/h14-49H,50H2,1-13H3. The Morgan fingerprint density at radius 2 is 0.886 bits per heavy atom. The maximum absolute atomic E-state index is 5.10. The van der Waals surface area contributed by atoms with Gasteiger partial charge in [-0.1, -0.05) is 211 Å². The van der Waals surface area contributed by atoms with Crippen molar-refractivity contribution in [3.63, 3.8) is 0 Å². The molecule has 11 rings (SSSR count). The van der Waals surface area contributed by atoms with Crippen molar-refractivity contribution in [1.82, 2.24) is 9.55 Å². The largest absolute Gasteiger partial charge is 0.328 e. The molecule has 5 nitrogen and oxygen atoms in total. The van der Waals surface area contributed by atoms with Gasteiger partial charge in [0.15, 0.2) is 0 Å². The maximum atomic E-state index is 5.10. The molecular weight excluding hydrogens is 959 g/mol. The van der Waals surface area contributed by atoms with Crippen LogP contribution in [0.25, 0.3) is 38.8 Å². The minimum Gasteiger partial charge on any atom is -0.328 e. The van der Waals surface area contributed by atoms with Crippen LogP contribution in [0.15, 0.2) is 219 Å². The number of para-hydroxylation sites is 1. The fourth-order valence-electron chi connectivity index (χ4n) is 11.4. The molecular formula is C74H77N5. The second-order valence-electron chi connectivity index (χ2n) is 26.0. The van der Waals surface area contributed by atoms with Crippen LogP contribution in [-0.2, 0) is 27.1 Å². The van der Waals surface area contributed by atoms with Gasteiger partial charge < -0.3 is 14.7 Å². The number of nitrogens with zero attached hydrogens (tertiary/aromatic N) is 5. The highest BCUT2D eigenvalue weighted by Gasteiger charge is 2.31. The number of anilines is 5. The van der Waals surface area contributed by atoms with E-state index < -0.39 is 0 Å². The van der Waals surface area contributed by atoms with Gasteiger partial charge in [-0.05, 0) is 145 Å². The monoisotopic (exact) mass is 1040 g/mol. The zero-order valence-corrected chi connectivity index (χ0v) is 48.7. The van der Waals surface area contributed by atoms with Gasteiger partial charge in [-0.3, -0.25) is 4.57 Å². The van der Waals surface area contributed by atoms with E-state index in [0.717, 1.165) is 45.2 Å². The smallest absolute Gasteiger partial charge is 0.137 e. The minimum absolute atomic E-state index is 0.0139. The Kier molecular flexibility index (Phi) is 13.4. The summed E-state index contributed by atoms with van der Waals surface area (Å²) in [5.41, 5.74) is 18.5. The van der Waals surface area contributed by atoms with Crippen LogP contribution in [0.5, 0.6) is 0 Å². The van der Waals surface area contributed by atoms with Crippen LogP contribution in [0.4, 0.5) is 28.4 Å². The third kappa shape index (κ3) is 10.3. The second-order valence-corrected chi connectivity index (χ2v) is 26.0. The number of rotatable bonds is 11. The van der Waals surface area contributed by atoms with Crippen molar-refractivity contribution in [3.05, 3.63) is 258 Å². The molecule has 5 heteroatoms. The van der Waals surface area contributed by atoms with Crippen molar-refractivity contribution in [2.24, 2.45) is 0 Å². The molecule has 79 heavy (non-hydrogen) atoms. The maximum Gasteiger partial charge on any atom is 0.137 e. The zero-order valence-electron chi connectivity index (χ0n) is 48.7. The van der Waals surface area contributed by atoms with Gasteiger partial charge in [-0.15, -0.1) is 0 Å². The minimum atomic E-state index is -0.242. The van der Waals surface area contributed by atoms with E-state index in [0.29, 0.717) is 6.67 Å². The molecule has 8 aromatic carbocycles. The molecule has 0 saturated heterocycles. The molecule has 2 aromatic heterocycles. The molecule has 1 aliphatic heterocycles. The lowest BCUT2D eigenvalue weighted by Crippen LogP contribution is -2.27. The summed E-state index contributed by atoms with van der Waals surface area (Å²) in [5, 5.41) is 2.42. The Balaban J connectivity index is 1.07. The number of hydrogen-bond acceptors (Lipinski definition) is 4. The molecule has 398 valence electrons. The highest BCUT2D eigenvalue weighted by molar-refractivity contribution is 6.10. The molecule has 1 aliphatic rings. The van der Waals surface area contributed by atoms with E-state index in [2.05, 4.69) is 322 Å². The molecule has 0 atom stereocenters. The highest BCUT2D eigenvalue weighted by Crippen LogP contribution is 2.45. The van der Waals surface area contributed by atoms with Crippen molar-refractivity contribution in [2.75, 3.05) is 21.4 Å². The first-order valence-electron chi connectivity index (χ1n) is 28.2. The van der Waals surface area contributed by atoms with Crippen LogP contribution in [0.2, 0.25) is 0 Å². The van der Waals surface area contributed by atoms with Crippen LogP contribution in [0.1, 0.15) is 129 Å². The van der Waals surface area contributed by atoms with Crippen LogP contribution >= 0.6 is 0 Å². The number of aromatic nitrogens is 2. The van der Waals surface area contributed by atoms with E-state index in [1.54, 1.807) is 0 Å². The van der Waals surface area contributed by atoms with Crippen molar-refractivity contribution >= 4 is 50.2 Å². The van der Waals surface area contributed by atoms with Gasteiger partial charge in [0.1, 0.15) is 5.82 Å². The van der Waals surface area contributed by atoms with E-state index in [9.17, 15) is 0 Å². The van der Waals surface area contributed by atoms with Gasteiger partial charge in [0.05, 0.1) is 17.7 Å². The van der Waals surface area contributed by atoms with Crippen LogP contribution in [0, 0.1) is 0 Å². The molecule has 3 heterocycles. The number of fused-ring (bicyclic) bond motifs is 3. The molecule has 0 N–H and O–H groups in total. The van der Waals surface area contributed by atoms with E-state index in [-0.39, 0.29) is 27.1 Å². The lowest BCUT2D eigenvalue weighted by Gasteiger charge is -2.33. The van der Waals surface area contributed by atoms with Crippen molar-refractivity contribution in [3.8, 4) is 16.9 Å². The number of hydrogen-bond donors (Lipinski definition) is 0. The zero-order chi connectivity index (χ0) is 55.6. The predicted octanol–water partition coefficient (Wildman–Crippen LogP) is 19.6. The quantitative estimate of drug-likeness (QED) is 0.129. The van der Waals surface area contributed by atoms with Crippen LogP contribution < -0.4 is 14.7 Å². The molecule has 0 bridgehead atoms. The normalized spacial score (nSPS) is 13.5. The molecule has 0 spiro atoms. The van der Waals surface area contributed by atoms with E-state index >= 15 is 0 Å². The van der Waals surface area contributed by atoms with Crippen LogP contribution in [-0.4, -0.2) is 16.2 Å². The Morgan fingerprint density at radius 3 is 1.46 bits per heavy atom. The number of pyridine rings is 1. The first-order valence-corrected chi connectivity index (χ1v) is 28.2. The summed E-state index contributed by atoms with van der Waals surface area (Å²) < 4.78 is 2.38. The van der Waals surface area contributed by atoms with Gasteiger partial charge in [-0.2, -0.15) is 0 Å². The first kappa shape index (κ1) is 52.9. The SMILES string of the molecule is CC(C)(C)c1ccc(-c2cc(N3C=CN(c4cc(C(C)(C)c5ccccc5)cc(C(C)(C)c5ccccc5)c4)C3)cc(N(c3ccccc3)c3ccc4c5cc(C(C)(C)C)ccc5n(-c5cc(C(C)(C)C)ccn5)c4c3)c2)cc1. The summed E-state index contributed by atoms with van der Waals surface area (Å²) in [6, 6.07) is 74.7. The average Bonchev–Trinajstić information content (AvgIpc) is 4.25. The van der Waals surface area contributed by atoms with Crippen LogP contribution in [0.3, 0.4) is 0 Å². The molecule has 10 aromatic rings. The summed E-state index contributed by atoms with van der Waals surface area (Å²) in [6.45, 7) is 30.6. The summed E-state index contributed by atoms with van der Waals surface area (Å²) in [4.78, 5) is 12.3. The molecule has 0 saturated carbocycles. The number of benzene rings is 8. The van der Waals surface area contributed by atoms with Gasteiger partial charge in [0.25, 0.3) is 0 Å². The van der Waals surface area contributed by atoms with Gasteiger partial charge in [0.2, 0.25) is 0 Å². The highest BCUT2D eigenvalue weighted by atomic mass is 15.3. The molecule has 0 unspecified atom stereocenters. The Hall–Kier alpha value is -8.15. The summed E-state index contributed by atoms with van der Waals surface area (Å²) >= 11 is 0. The Bertz CT molecular complexity index is 3790. The first-order chi connectivity index (χ1) is 37.5. The summed E-state index contributed by atoms with van der Waals surface area (Å²) in [5.74, 6) is 0.914. The van der Waals surface area contributed by atoms with E-state index in [1.807, 2.05) is 6.20 Å². The topological polar surface area (TPSA) is 27.5 Å². The van der Waals surface area contributed by atoms with Gasteiger partial charge in [-0.25, -0.2) is 4.98 Å². The van der Waals surface area contributed by atoms with Crippen molar-refractivity contribution in [2.45, 2.75) is 117 Å². The second kappa shape index (κ2) is 19.9. The summed E-state index contributed by atoms with van der Waals surface area (Å²) in [7, 11) is 0. The lowest BCUT2D eigenvalue weighted by molar-refractivity contribution is 0.588. The Labute approximate surface area is 470 Å². The molecule has 0 fully saturated rings. The lowest BCUT2D eigenvalue weighted by atomic mass is 9.73. The third-order valence-electron chi connectivity index (χ3n) is 16.7. The third-order valence-corrected chi connectivity index (χ3v) is 16.7. The fourth-order valence-corrected chi connectivity index (χ4v) is 11.4. The average molecular weight is 1040 g/mol. The van der Waals surface area contributed by atoms with Gasteiger partial charge in [0, 0.05) is 68.6 Å². The molecule has 0 amide bonds. The van der Waals surface area contributed by atoms with Gasteiger partial charge >= 0.3 is 0 Å². The molecule has 0 radical (unpaired) electrons. The fraction of sp³-hybridized carbons (Fsp3) is 0.257. The summed E-state index contributed by atoms with van der Waals surface area (Å²) in [6.07, 6.45) is 6.48. The molecule has 0 aliphatic carbocycles. The Morgan fingerprint density at radius 1 is 0.354 bits per heavy atom. The van der Waals surface area contributed by atoms with Crippen molar-refractivity contribution in [1.29, 1.82) is 0 Å². The van der Waals surface area contributed by atoms with E-state index in [1.165, 1.54) is 61.0 Å². The van der Waals surface area contributed by atoms with Crippen molar-refractivity contribution < 1.29 is 0 Å².